The monoisotopic (exact) mass is 281 g/mol. The van der Waals surface area contributed by atoms with E-state index in [0.717, 1.165) is 31.8 Å². The molecule has 0 aromatic rings. The average Bonchev–Trinajstić information content (AvgIpc) is 3.19. The van der Waals surface area contributed by atoms with Gasteiger partial charge in [0.15, 0.2) is 0 Å². The molecule has 0 aromatic carbocycles. The van der Waals surface area contributed by atoms with Gasteiger partial charge in [-0.05, 0) is 50.1 Å². The first-order valence-corrected chi connectivity index (χ1v) is 8.13. The van der Waals surface area contributed by atoms with Gasteiger partial charge in [-0.25, -0.2) is 0 Å². The number of hydrogen-bond acceptors (Lipinski definition) is 3. The van der Waals surface area contributed by atoms with Gasteiger partial charge in [0.05, 0.1) is 0 Å². The molecule has 0 spiro atoms. The first-order chi connectivity index (χ1) is 9.40. The van der Waals surface area contributed by atoms with Crippen molar-refractivity contribution in [1.82, 2.24) is 10.2 Å². The normalized spacial score (nSPS) is 23.6. The minimum atomic E-state index is 0.181. The molecular weight excluding hydrogens is 250 g/mol. The molecule has 1 saturated heterocycles. The Hall–Kier alpha value is -0.610. The van der Waals surface area contributed by atoms with Gasteiger partial charge >= 0.3 is 0 Å². The molecule has 2 rings (SSSR count). The summed E-state index contributed by atoms with van der Waals surface area (Å²) in [4.78, 5) is 14.4. The second kappa shape index (κ2) is 6.44. The predicted molar refractivity (Wildman–Crippen MR) is 82.4 cm³/mol. The molecule has 1 unspecified atom stereocenters. The Bertz CT molecular complexity index is 325. The summed E-state index contributed by atoms with van der Waals surface area (Å²) >= 11 is 0. The zero-order chi connectivity index (χ0) is 14.8. The van der Waals surface area contributed by atoms with Crippen LogP contribution in [0.3, 0.4) is 0 Å². The van der Waals surface area contributed by atoms with Crippen molar-refractivity contribution >= 4 is 5.91 Å². The van der Waals surface area contributed by atoms with Gasteiger partial charge in [0.25, 0.3) is 0 Å². The van der Waals surface area contributed by atoms with Crippen LogP contribution in [0.15, 0.2) is 0 Å². The highest BCUT2D eigenvalue weighted by Gasteiger charge is 2.32. The van der Waals surface area contributed by atoms with Gasteiger partial charge in [0, 0.05) is 25.0 Å². The van der Waals surface area contributed by atoms with Gasteiger partial charge in [-0.15, -0.1) is 0 Å². The summed E-state index contributed by atoms with van der Waals surface area (Å²) in [6.07, 6.45) is 5.31. The summed E-state index contributed by atoms with van der Waals surface area (Å²) < 4.78 is 0. The minimum Gasteiger partial charge on any atom is -0.353 e. The molecule has 1 aliphatic carbocycles. The molecule has 1 atom stereocenters. The third kappa shape index (κ3) is 4.45. The average molecular weight is 281 g/mol. The van der Waals surface area contributed by atoms with Gasteiger partial charge in [0.2, 0.25) is 5.91 Å². The number of carbonyl (C=O) groups excluding carboxylic acids is 1. The van der Waals surface area contributed by atoms with Crippen LogP contribution < -0.4 is 11.1 Å². The number of nitrogens with one attached hydrogen (secondary N) is 1. The van der Waals surface area contributed by atoms with E-state index < -0.39 is 0 Å². The Kier molecular flexibility index (Phi) is 5.08. The lowest BCUT2D eigenvalue weighted by molar-refractivity contribution is -0.122. The maximum atomic E-state index is 11.9. The molecule has 3 N–H and O–H groups in total. The summed E-state index contributed by atoms with van der Waals surface area (Å²) in [6, 6.07) is 0.669. The number of likely N-dealkylation sites (tertiary alicyclic amines) is 1. The molecule has 2 fully saturated rings. The molecule has 20 heavy (non-hydrogen) atoms. The van der Waals surface area contributed by atoms with Crippen molar-refractivity contribution in [3.8, 4) is 0 Å². The van der Waals surface area contributed by atoms with Crippen LogP contribution in [-0.4, -0.2) is 42.5 Å². The zero-order valence-electron chi connectivity index (χ0n) is 13.3. The lowest BCUT2D eigenvalue weighted by Crippen LogP contribution is -2.48. The molecule has 2 aliphatic rings. The van der Waals surface area contributed by atoms with E-state index in [-0.39, 0.29) is 11.9 Å². The van der Waals surface area contributed by atoms with E-state index in [1.807, 2.05) is 0 Å². The fourth-order valence-electron chi connectivity index (χ4n) is 3.22. The van der Waals surface area contributed by atoms with Crippen molar-refractivity contribution in [2.45, 2.75) is 65.0 Å². The molecule has 0 aromatic heterocycles. The van der Waals surface area contributed by atoms with Crippen LogP contribution in [0.4, 0.5) is 0 Å². The van der Waals surface area contributed by atoms with Crippen LogP contribution in [-0.2, 0) is 4.79 Å². The van der Waals surface area contributed by atoms with Crippen molar-refractivity contribution < 1.29 is 4.79 Å². The first kappa shape index (κ1) is 15.8. The number of piperidine rings is 1. The number of nitrogens with two attached hydrogens (primary N) is 1. The Labute approximate surface area is 123 Å². The summed E-state index contributed by atoms with van der Waals surface area (Å²) in [6.45, 7) is 9.74. The largest absolute Gasteiger partial charge is 0.353 e. The molecule has 1 heterocycles. The molecule has 0 bridgehead atoms. The Balaban J connectivity index is 1.78. The van der Waals surface area contributed by atoms with Gasteiger partial charge < -0.3 is 11.1 Å². The Morgan fingerprint density at radius 1 is 1.25 bits per heavy atom. The minimum absolute atomic E-state index is 0.181. The van der Waals surface area contributed by atoms with E-state index in [2.05, 4.69) is 31.0 Å². The van der Waals surface area contributed by atoms with Crippen molar-refractivity contribution in [1.29, 1.82) is 0 Å². The van der Waals surface area contributed by atoms with Gasteiger partial charge in [-0.3, -0.25) is 9.69 Å². The van der Waals surface area contributed by atoms with E-state index in [1.54, 1.807) is 0 Å². The van der Waals surface area contributed by atoms with Crippen molar-refractivity contribution in [3.63, 3.8) is 0 Å². The SMILES string of the molecule is CC(C)(C)C1CCN(C(CN)CC(=O)NC2CC2)CC1. The topological polar surface area (TPSA) is 58.4 Å². The summed E-state index contributed by atoms with van der Waals surface area (Å²) in [7, 11) is 0. The second-order valence-corrected chi connectivity index (χ2v) is 7.61. The Morgan fingerprint density at radius 3 is 2.30 bits per heavy atom. The molecule has 116 valence electrons. The predicted octanol–water partition coefficient (Wildman–Crippen LogP) is 1.74. The zero-order valence-corrected chi connectivity index (χ0v) is 13.3. The number of amides is 1. The van der Waals surface area contributed by atoms with Crippen LogP contribution in [0.1, 0.15) is 52.9 Å². The van der Waals surface area contributed by atoms with Gasteiger partial charge in [-0.2, -0.15) is 0 Å². The summed E-state index contributed by atoms with van der Waals surface area (Å²) in [5.74, 6) is 0.971. The van der Waals surface area contributed by atoms with Gasteiger partial charge in [0.1, 0.15) is 0 Å². The van der Waals surface area contributed by atoms with Crippen LogP contribution in [0.25, 0.3) is 0 Å². The third-order valence-corrected chi connectivity index (χ3v) is 4.91. The molecule has 4 nitrogen and oxygen atoms in total. The number of nitrogens with zero attached hydrogens (tertiary/aromatic N) is 1. The first-order valence-electron chi connectivity index (χ1n) is 8.13. The van der Waals surface area contributed by atoms with Gasteiger partial charge in [-0.1, -0.05) is 20.8 Å². The molecule has 1 aliphatic heterocycles. The van der Waals surface area contributed by atoms with E-state index in [9.17, 15) is 4.79 Å². The summed E-state index contributed by atoms with van der Waals surface area (Å²) in [5, 5.41) is 3.07. The fraction of sp³-hybridized carbons (Fsp3) is 0.938. The molecule has 1 amide bonds. The maximum absolute atomic E-state index is 11.9. The molecule has 4 heteroatoms. The molecule has 0 radical (unpaired) electrons. The molecule has 1 saturated carbocycles. The lowest BCUT2D eigenvalue weighted by Gasteiger charge is -2.41. The van der Waals surface area contributed by atoms with E-state index in [0.29, 0.717) is 24.4 Å². The number of rotatable bonds is 5. The highest BCUT2D eigenvalue weighted by atomic mass is 16.1. The van der Waals surface area contributed by atoms with Crippen molar-refractivity contribution in [3.05, 3.63) is 0 Å². The highest BCUT2D eigenvalue weighted by Crippen LogP contribution is 2.34. The van der Waals surface area contributed by atoms with Crippen LogP contribution in [0, 0.1) is 11.3 Å². The Morgan fingerprint density at radius 2 is 1.85 bits per heavy atom. The third-order valence-electron chi connectivity index (χ3n) is 4.91. The van der Waals surface area contributed by atoms with Crippen LogP contribution in [0.5, 0.6) is 0 Å². The standard InChI is InChI=1S/C16H31N3O/c1-16(2,3)12-6-8-19(9-7-12)14(11-17)10-15(20)18-13-4-5-13/h12-14H,4-11,17H2,1-3H3,(H,18,20). The number of carbonyl (C=O) groups is 1. The number of hydrogen-bond donors (Lipinski definition) is 2. The van der Waals surface area contributed by atoms with E-state index >= 15 is 0 Å². The van der Waals surface area contributed by atoms with Crippen LogP contribution in [0.2, 0.25) is 0 Å². The van der Waals surface area contributed by atoms with Crippen molar-refractivity contribution in [2.24, 2.45) is 17.1 Å². The molecular formula is C16H31N3O. The fourth-order valence-corrected chi connectivity index (χ4v) is 3.22. The lowest BCUT2D eigenvalue weighted by atomic mass is 9.75. The van der Waals surface area contributed by atoms with Crippen LogP contribution >= 0.6 is 0 Å². The summed E-state index contributed by atoms with van der Waals surface area (Å²) in [5.41, 5.74) is 6.29. The smallest absolute Gasteiger partial charge is 0.221 e. The van der Waals surface area contributed by atoms with Crippen molar-refractivity contribution in [2.75, 3.05) is 19.6 Å². The maximum Gasteiger partial charge on any atom is 0.221 e. The van der Waals surface area contributed by atoms with E-state index in [4.69, 9.17) is 5.73 Å². The second-order valence-electron chi connectivity index (χ2n) is 7.61. The quantitative estimate of drug-likeness (QED) is 0.807. The highest BCUT2D eigenvalue weighted by molar-refractivity contribution is 5.77. The van der Waals surface area contributed by atoms with E-state index in [1.165, 1.54) is 12.8 Å².